The number of alkyl halides is 3. The van der Waals surface area contributed by atoms with Crippen molar-refractivity contribution in [1.29, 1.82) is 0 Å². The molecule has 0 atom stereocenters. The van der Waals surface area contributed by atoms with Crippen molar-refractivity contribution in [1.82, 2.24) is 0 Å². The molecule has 0 amide bonds. The van der Waals surface area contributed by atoms with Crippen molar-refractivity contribution in [2.45, 2.75) is 12.6 Å². The smallest absolute Gasteiger partial charge is 0.416 e. The molecule has 18 heavy (non-hydrogen) atoms. The van der Waals surface area contributed by atoms with E-state index in [4.69, 9.17) is 4.74 Å². The molecular weight excluding hydrogens is 241 g/mol. The summed E-state index contributed by atoms with van der Waals surface area (Å²) in [5.74, 6) is 1.21. The van der Waals surface area contributed by atoms with E-state index in [9.17, 15) is 13.2 Å². The van der Waals surface area contributed by atoms with E-state index in [0.717, 1.165) is 17.7 Å². The standard InChI is InChI=1S/C14H9F3O/c15-14(16,17)11-5-6-13-10(8-11)7-9-3-1-2-4-12(9)18-13/h1-6,8H,7H2. The van der Waals surface area contributed by atoms with Crippen molar-refractivity contribution in [3.63, 3.8) is 0 Å². The second-order valence-corrected chi connectivity index (χ2v) is 4.21. The maximum Gasteiger partial charge on any atom is 0.416 e. The van der Waals surface area contributed by atoms with Crippen molar-refractivity contribution < 1.29 is 17.9 Å². The van der Waals surface area contributed by atoms with Crippen LogP contribution in [-0.2, 0) is 12.6 Å². The SMILES string of the molecule is FC(F)(F)c1ccc2c(c1)Cc1ccccc1O2. The molecule has 4 heteroatoms. The average molecular weight is 250 g/mol. The largest absolute Gasteiger partial charge is 0.457 e. The zero-order valence-electron chi connectivity index (χ0n) is 9.29. The summed E-state index contributed by atoms with van der Waals surface area (Å²) in [5, 5.41) is 0. The highest BCUT2D eigenvalue weighted by Crippen LogP contribution is 2.39. The third-order valence-electron chi connectivity index (χ3n) is 2.96. The van der Waals surface area contributed by atoms with E-state index in [1.165, 1.54) is 6.07 Å². The maximum absolute atomic E-state index is 12.6. The van der Waals surface area contributed by atoms with Gasteiger partial charge in [0, 0.05) is 6.42 Å². The van der Waals surface area contributed by atoms with Gasteiger partial charge in [-0.05, 0) is 35.4 Å². The minimum absolute atomic E-state index is 0.468. The normalized spacial score (nSPS) is 13.5. The quantitative estimate of drug-likeness (QED) is 0.574. The molecular formula is C14H9F3O. The Bertz CT molecular complexity index is 602. The topological polar surface area (TPSA) is 9.23 Å². The first-order valence-electron chi connectivity index (χ1n) is 5.50. The molecule has 0 N–H and O–H groups in total. The Morgan fingerprint density at radius 1 is 0.889 bits per heavy atom. The summed E-state index contributed by atoms with van der Waals surface area (Å²) in [6.45, 7) is 0. The highest BCUT2D eigenvalue weighted by atomic mass is 19.4. The third-order valence-corrected chi connectivity index (χ3v) is 2.96. The molecule has 92 valence electrons. The minimum Gasteiger partial charge on any atom is -0.457 e. The molecule has 1 aliphatic heterocycles. The average Bonchev–Trinajstić information content (AvgIpc) is 2.34. The van der Waals surface area contributed by atoms with Crippen molar-refractivity contribution in [2.24, 2.45) is 0 Å². The number of rotatable bonds is 0. The van der Waals surface area contributed by atoms with E-state index in [-0.39, 0.29) is 0 Å². The molecule has 0 unspecified atom stereocenters. The lowest BCUT2D eigenvalue weighted by Gasteiger charge is -2.21. The Morgan fingerprint density at radius 2 is 1.61 bits per heavy atom. The number of hydrogen-bond donors (Lipinski definition) is 0. The number of hydrogen-bond acceptors (Lipinski definition) is 1. The van der Waals surface area contributed by atoms with Crippen LogP contribution < -0.4 is 4.74 Å². The lowest BCUT2D eigenvalue weighted by molar-refractivity contribution is -0.137. The van der Waals surface area contributed by atoms with Crippen LogP contribution in [0.3, 0.4) is 0 Å². The van der Waals surface area contributed by atoms with E-state index in [1.807, 2.05) is 24.3 Å². The van der Waals surface area contributed by atoms with Crippen LogP contribution in [0, 0.1) is 0 Å². The Hall–Kier alpha value is -1.97. The summed E-state index contributed by atoms with van der Waals surface area (Å²) in [4.78, 5) is 0. The van der Waals surface area contributed by atoms with Gasteiger partial charge in [-0.25, -0.2) is 0 Å². The van der Waals surface area contributed by atoms with Crippen LogP contribution in [0.15, 0.2) is 42.5 Å². The van der Waals surface area contributed by atoms with Gasteiger partial charge in [-0.2, -0.15) is 13.2 Å². The summed E-state index contributed by atoms with van der Waals surface area (Å²) in [5.41, 5.74) is 0.845. The highest BCUT2D eigenvalue weighted by Gasteiger charge is 2.31. The Balaban J connectivity index is 2.04. The molecule has 0 aromatic heterocycles. The lowest BCUT2D eigenvalue weighted by atomic mass is 9.98. The summed E-state index contributed by atoms with van der Waals surface area (Å²) in [6.07, 6.45) is -3.85. The van der Waals surface area contributed by atoms with Gasteiger partial charge in [-0.15, -0.1) is 0 Å². The van der Waals surface area contributed by atoms with Gasteiger partial charge in [-0.1, -0.05) is 18.2 Å². The molecule has 2 aromatic carbocycles. The monoisotopic (exact) mass is 250 g/mol. The molecule has 0 spiro atoms. The van der Waals surface area contributed by atoms with Gasteiger partial charge in [0.25, 0.3) is 0 Å². The van der Waals surface area contributed by atoms with Gasteiger partial charge in [0.1, 0.15) is 11.5 Å². The zero-order chi connectivity index (χ0) is 12.8. The van der Waals surface area contributed by atoms with Crippen LogP contribution in [0.4, 0.5) is 13.2 Å². The van der Waals surface area contributed by atoms with Crippen molar-refractivity contribution in [3.05, 3.63) is 59.2 Å². The molecule has 3 rings (SSSR count). The predicted octanol–water partition coefficient (Wildman–Crippen LogP) is 4.40. The molecule has 1 nitrogen and oxygen atoms in total. The first-order chi connectivity index (χ1) is 8.54. The van der Waals surface area contributed by atoms with Gasteiger partial charge in [0.05, 0.1) is 5.56 Å². The van der Waals surface area contributed by atoms with Crippen LogP contribution in [0.25, 0.3) is 0 Å². The molecule has 0 saturated heterocycles. The second kappa shape index (κ2) is 3.77. The van der Waals surface area contributed by atoms with E-state index < -0.39 is 11.7 Å². The van der Waals surface area contributed by atoms with Crippen LogP contribution in [-0.4, -0.2) is 0 Å². The van der Waals surface area contributed by atoms with Gasteiger partial charge in [-0.3, -0.25) is 0 Å². The first-order valence-corrected chi connectivity index (χ1v) is 5.50. The molecule has 0 radical (unpaired) electrons. The summed E-state index contributed by atoms with van der Waals surface area (Å²) in [6, 6.07) is 11.0. The Morgan fingerprint density at radius 3 is 2.39 bits per heavy atom. The van der Waals surface area contributed by atoms with Gasteiger partial charge in [0.2, 0.25) is 0 Å². The van der Waals surface area contributed by atoms with Crippen molar-refractivity contribution in [2.75, 3.05) is 0 Å². The molecule has 1 aliphatic rings. The van der Waals surface area contributed by atoms with E-state index in [1.54, 1.807) is 0 Å². The molecule has 0 bridgehead atoms. The van der Waals surface area contributed by atoms with Crippen LogP contribution in [0.2, 0.25) is 0 Å². The summed E-state index contributed by atoms with van der Waals surface area (Å²) < 4.78 is 43.4. The number of fused-ring (bicyclic) bond motifs is 2. The van der Waals surface area contributed by atoms with Crippen molar-refractivity contribution in [3.8, 4) is 11.5 Å². The molecule has 0 saturated carbocycles. The minimum atomic E-state index is -4.31. The van der Waals surface area contributed by atoms with Crippen LogP contribution >= 0.6 is 0 Å². The lowest BCUT2D eigenvalue weighted by Crippen LogP contribution is -2.08. The van der Waals surface area contributed by atoms with E-state index in [2.05, 4.69) is 0 Å². The molecule has 2 aromatic rings. The van der Waals surface area contributed by atoms with Gasteiger partial charge >= 0.3 is 6.18 Å². The van der Waals surface area contributed by atoms with E-state index >= 15 is 0 Å². The van der Waals surface area contributed by atoms with Gasteiger partial charge in [0.15, 0.2) is 0 Å². The zero-order valence-corrected chi connectivity index (χ0v) is 9.29. The Kier molecular flexibility index (Phi) is 2.33. The van der Waals surface area contributed by atoms with Crippen molar-refractivity contribution >= 4 is 0 Å². The molecule has 1 heterocycles. The van der Waals surface area contributed by atoms with Gasteiger partial charge < -0.3 is 4.74 Å². The summed E-state index contributed by atoms with van der Waals surface area (Å²) >= 11 is 0. The highest BCUT2D eigenvalue weighted by molar-refractivity contribution is 5.50. The van der Waals surface area contributed by atoms with Crippen LogP contribution in [0.1, 0.15) is 16.7 Å². The van der Waals surface area contributed by atoms with Crippen LogP contribution in [0.5, 0.6) is 11.5 Å². The molecule has 0 fully saturated rings. The Labute approximate surface area is 102 Å². The number of para-hydroxylation sites is 1. The second-order valence-electron chi connectivity index (χ2n) is 4.21. The summed E-state index contributed by atoms with van der Waals surface area (Å²) in [7, 11) is 0. The molecule has 0 aliphatic carbocycles. The number of halogens is 3. The fourth-order valence-corrected chi connectivity index (χ4v) is 2.07. The first kappa shape index (κ1) is 11.1. The predicted molar refractivity (Wildman–Crippen MR) is 60.8 cm³/mol. The maximum atomic E-state index is 12.6. The fraction of sp³-hybridized carbons (Fsp3) is 0.143. The fourth-order valence-electron chi connectivity index (χ4n) is 2.07. The van der Waals surface area contributed by atoms with E-state index in [0.29, 0.717) is 23.5 Å². The number of ether oxygens (including phenoxy) is 1. The number of benzene rings is 2. The third kappa shape index (κ3) is 1.83.